The molecule has 2 aliphatic carbocycles. The molecular formula is C22H38O9. The Balaban J connectivity index is 1.51. The largest absolute Gasteiger partial charge is 0.553 e. The number of ether oxygens (including phenoxy) is 1. The Morgan fingerprint density at radius 1 is 0.581 bits per heavy atom. The smallest absolute Gasteiger partial charge is 0.323 e. The lowest BCUT2D eigenvalue weighted by Gasteiger charge is -2.35. The first kappa shape index (κ1) is 25.8. The molecule has 180 valence electrons. The second-order valence-corrected chi connectivity index (χ2v) is 10.8. The van der Waals surface area contributed by atoms with Crippen molar-refractivity contribution in [2.45, 2.75) is 105 Å². The van der Waals surface area contributed by atoms with Gasteiger partial charge in [0.15, 0.2) is 0 Å². The van der Waals surface area contributed by atoms with E-state index in [1.807, 2.05) is 0 Å². The number of rotatable bonds is 6. The van der Waals surface area contributed by atoms with Crippen molar-refractivity contribution in [3.8, 4) is 0 Å². The van der Waals surface area contributed by atoms with Gasteiger partial charge in [0.2, 0.25) is 0 Å². The van der Waals surface area contributed by atoms with Gasteiger partial charge in [-0.15, -0.1) is 0 Å². The van der Waals surface area contributed by atoms with Crippen molar-refractivity contribution in [1.82, 2.24) is 0 Å². The third kappa shape index (κ3) is 9.31. The number of carbonyl (C=O) groups excluding carboxylic acids is 2. The topological polar surface area (TPSA) is 98.8 Å². The van der Waals surface area contributed by atoms with Gasteiger partial charge >= 0.3 is 12.3 Å². The minimum Gasteiger partial charge on any atom is -0.323 e. The van der Waals surface area contributed by atoms with Crippen molar-refractivity contribution in [3.05, 3.63) is 0 Å². The van der Waals surface area contributed by atoms with Gasteiger partial charge in [0, 0.05) is 0 Å². The molecule has 0 spiro atoms. The first-order chi connectivity index (χ1) is 14.4. The van der Waals surface area contributed by atoms with Gasteiger partial charge in [-0.05, 0) is 84.1 Å². The lowest BCUT2D eigenvalue weighted by Crippen LogP contribution is -2.29. The van der Waals surface area contributed by atoms with Crippen LogP contribution in [0.5, 0.6) is 0 Å². The van der Waals surface area contributed by atoms with Gasteiger partial charge in [-0.3, -0.25) is 0 Å². The predicted molar refractivity (Wildman–Crippen MR) is 109 cm³/mol. The fraction of sp³-hybridized carbons (Fsp3) is 0.909. The summed E-state index contributed by atoms with van der Waals surface area (Å²) in [6.45, 7) is 13.3. The molecule has 2 saturated carbocycles. The zero-order chi connectivity index (χ0) is 23.1. The Hall–Kier alpha value is -1.42. The molecule has 9 heteroatoms. The Kier molecular flexibility index (Phi) is 9.54. The van der Waals surface area contributed by atoms with Crippen molar-refractivity contribution in [2.75, 3.05) is 0 Å². The van der Waals surface area contributed by atoms with E-state index in [1.54, 1.807) is 0 Å². The van der Waals surface area contributed by atoms with Crippen LogP contribution < -0.4 is 0 Å². The van der Waals surface area contributed by atoms with Crippen LogP contribution in [0.2, 0.25) is 0 Å². The molecule has 0 aromatic heterocycles. The number of hydrogen-bond acceptors (Lipinski definition) is 9. The minimum atomic E-state index is -1.43. The van der Waals surface area contributed by atoms with E-state index in [0.717, 1.165) is 51.4 Å². The summed E-state index contributed by atoms with van der Waals surface area (Å²) in [5.41, 5.74) is 0.508. The molecule has 0 N–H and O–H groups in total. The first-order valence-corrected chi connectivity index (χ1v) is 11.2. The first-order valence-electron chi connectivity index (χ1n) is 11.2. The maximum absolute atomic E-state index is 11.4. The van der Waals surface area contributed by atoms with Crippen LogP contribution in [-0.2, 0) is 34.4 Å². The third-order valence-electron chi connectivity index (χ3n) is 6.52. The molecule has 0 atom stereocenters. The van der Waals surface area contributed by atoms with E-state index in [4.69, 9.17) is 9.78 Å². The van der Waals surface area contributed by atoms with Gasteiger partial charge in [0.25, 0.3) is 0 Å². The predicted octanol–water partition coefficient (Wildman–Crippen LogP) is 6.21. The third-order valence-corrected chi connectivity index (χ3v) is 6.52. The summed E-state index contributed by atoms with van der Waals surface area (Å²) in [4.78, 5) is 41.5. The highest BCUT2D eigenvalue weighted by Crippen LogP contribution is 2.39. The van der Waals surface area contributed by atoms with E-state index >= 15 is 0 Å². The summed E-state index contributed by atoms with van der Waals surface area (Å²) in [5.74, 6) is 1.23. The van der Waals surface area contributed by atoms with E-state index in [1.165, 1.54) is 0 Å². The zero-order valence-corrected chi connectivity index (χ0v) is 19.6. The molecular weight excluding hydrogens is 408 g/mol. The number of hydrogen-bond donors (Lipinski definition) is 0. The molecule has 31 heavy (non-hydrogen) atoms. The Labute approximate surface area is 184 Å². The summed E-state index contributed by atoms with van der Waals surface area (Å²) in [6.07, 6.45) is 3.99. The van der Waals surface area contributed by atoms with Crippen LogP contribution in [0.25, 0.3) is 0 Å². The van der Waals surface area contributed by atoms with Crippen LogP contribution in [0.3, 0.4) is 0 Å². The van der Waals surface area contributed by atoms with Crippen LogP contribution in [0.1, 0.15) is 92.9 Å². The fourth-order valence-corrected chi connectivity index (χ4v) is 4.36. The summed E-state index contributed by atoms with van der Waals surface area (Å²) >= 11 is 0. The number of carbonyl (C=O) groups is 2. The summed E-state index contributed by atoms with van der Waals surface area (Å²) in [6, 6.07) is 0. The molecule has 0 saturated heterocycles. The van der Waals surface area contributed by atoms with E-state index < -0.39 is 12.3 Å². The minimum absolute atomic E-state index is 0.177. The van der Waals surface area contributed by atoms with Gasteiger partial charge < -0.3 is 4.74 Å². The van der Waals surface area contributed by atoms with Crippen molar-refractivity contribution < 1.29 is 44.0 Å². The normalized spacial score (nSPS) is 27.4. The van der Waals surface area contributed by atoms with Crippen LogP contribution in [0.15, 0.2) is 0 Å². The molecule has 0 aromatic rings. The quantitative estimate of drug-likeness (QED) is 0.204. The molecule has 2 fully saturated rings. The van der Waals surface area contributed by atoms with E-state index in [-0.39, 0.29) is 23.0 Å². The molecule has 0 heterocycles. The van der Waals surface area contributed by atoms with Gasteiger partial charge in [-0.2, -0.15) is 19.4 Å². The van der Waals surface area contributed by atoms with Crippen LogP contribution in [-0.4, -0.2) is 24.5 Å². The monoisotopic (exact) mass is 446 g/mol. The SMILES string of the molecule is CC(C)(C)C1CCC(OOOC(=O)OC(=O)OOOC2CCC(C(C)(C)C)CC2)CC1. The molecule has 0 radical (unpaired) electrons. The molecule has 0 aliphatic heterocycles. The van der Waals surface area contributed by atoms with Crippen molar-refractivity contribution in [2.24, 2.45) is 22.7 Å². The van der Waals surface area contributed by atoms with Gasteiger partial charge in [-0.25, -0.2) is 9.78 Å². The van der Waals surface area contributed by atoms with Gasteiger partial charge in [0.05, 0.1) is 12.2 Å². The lowest BCUT2D eigenvalue weighted by atomic mass is 9.72. The highest BCUT2D eigenvalue weighted by Gasteiger charge is 2.32. The second kappa shape index (κ2) is 11.4. The van der Waals surface area contributed by atoms with E-state index in [2.05, 4.69) is 66.1 Å². The van der Waals surface area contributed by atoms with Gasteiger partial charge in [0.1, 0.15) is 0 Å². The molecule has 0 unspecified atom stereocenters. The lowest BCUT2D eigenvalue weighted by molar-refractivity contribution is -0.509. The molecule has 0 bridgehead atoms. The zero-order valence-electron chi connectivity index (χ0n) is 19.6. The van der Waals surface area contributed by atoms with Crippen LogP contribution in [0, 0.1) is 22.7 Å². The van der Waals surface area contributed by atoms with Crippen LogP contribution in [0.4, 0.5) is 9.59 Å². The molecule has 0 aromatic carbocycles. The van der Waals surface area contributed by atoms with Crippen molar-refractivity contribution >= 4 is 12.3 Å². The average Bonchev–Trinajstić information content (AvgIpc) is 2.67. The van der Waals surface area contributed by atoms with E-state index in [0.29, 0.717) is 11.8 Å². The fourth-order valence-electron chi connectivity index (χ4n) is 4.36. The maximum atomic E-state index is 11.4. The Morgan fingerprint density at radius 2 is 0.903 bits per heavy atom. The standard InChI is InChI=1S/C22H38O9/c1-21(2,3)15-7-11-17(12-8-15)26-30-28-19(23)25-20(24)29-31-27-18-13-9-16(10-14-18)22(4,5)6/h15-18H,7-14H2,1-6H3. The van der Waals surface area contributed by atoms with Crippen molar-refractivity contribution in [3.63, 3.8) is 0 Å². The van der Waals surface area contributed by atoms with E-state index in [9.17, 15) is 9.59 Å². The molecule has 2 aliphatic rings. The summed E-state index contributed by atoms with van der Waals surface area (Å²) in [7, 11) is 0. The highest BCUT2D eigenvalue weighted by molar-refractivity contribution is 5.76. The summed E-state index contributed by atoms with van der Waals surface area (Å²) < 4.78 is 4.22. The molecule has 2 rings (SSSR count). The van der Waals surface area contributed by atoms with Gasteiger partial charge in [-0.1, -0.05) is 41.5 Å². The van der Waals surface area contributed by atoms with Crippen molar-refractivity contribution in [1.29, 1.82) is 0 Å². The molecule has 0 amide bonds. The molecule has 9 nitrogen and oxygen atoms in total. The average molecular weight is 447 g/mol. The van der Waals surface area contributed by atoms with Crippen LogP contribution >= 0.6 is 0 Å². The summed E-state index contributed by atoms with van der Waals surface area (Å²) in [5, 5.41) is 8.88. The second-order valence-electron chi connectivity index (χ2n) is 10.8. The highest BCUT2D eigenvalue weighted by atomic mass is 17.5. The Morgan fingerprint density at radius 3 is 1.19 bits per heavy atom. The Bertz CT molecular complexity index is 513. The maximum Gasteiger partial charge on any atom is 0.553 e.